The molecule has 10 rings (SSSR count). The molecule has 7 heteroatoms. The molecular weight excluding hydrogens is 663 g/mol. The second kappa shape index (κ2) is 13.2. The molecule has 254 valence electrons. The Hall–Kier alpha value is -7.51. The van der Waals surface area contributed by atoms with E-state index in [9.17, 15) is 0 Å². The first-order valence-corrected chi connectivity index (χ1v) is 17.8. The maximum atomic E-state index is 5.24. The molecule has 0 unspecified atom stereocenters. The highest BCUT2D eigenvalue weighted by Gasteiger charge is 2.20. The van der Waals surface area contributed by atoms with Gasteiger partial charge in [0, 0.05) is 23.5 Å². The Morgan fingerprint density at radius 1 is 0.278 bits per heavy atom. The van der Waals surface area contributed by atoms with E-state index in [-0.39, 0.29) is 0 Å². The van der Waals surface area contributed by atoms with Gasteiger partial charge < -0.3 is 0 Å². The van der Waals surface area contributed by atoms with Crippen LogP contribution in [0.4, 0.5) is 0 Å². The lowest BCUT2D eigenvalue weighted by molar-refractivity contribution is 1.19. The van der Waals surface area contributed by atoms with Crippen molar-refractivity contribution in [2.45, 2.75) is 0 Å². The van der Waals surface area contributed by atoms with Crippen LogP contribution in [0.15, 0.2) is 188 Å². The largest absolute Gasteiger partial charge is 0.299 e. The lowest BCUT2D eigenvalue weighted by atomic mass is 10.0. The molecule has 0 aliphatic carbocycles. The molecule has 0 saturated heterocycles. The molecule has 54 heavy (non-hydrogen) atoms. The van der Waals surface area contributed by atoms with Crippen molar-refractivity contribution in [3.8, 4) is 79.2 Å². The molecule has 10 aromatic rings. The summed E-state index contributed by atoms with van der Waals surface area (Å²) in [5.74, 6) is 0. The van der Waals surface area contributed by atoms with E-state index >= 15 is 0 Å². The van der Waals surface area contributed by atoms with Crippen LogP contribution in [0.3, 0.4) is 0 Å². The van der Waals surface area contributed by atoms with E-state index < -0.39 is 0 Å². The zero-order chi connectivity index (χ0) is 35.8. The smallest absolute Gasteiger partial charge is 0.138 e. The van der Waals surface area contributed by atoms with Crippen LogP contribution in [0, 0.1) is 0 Å². The Balaban J connectivity index is 1.12. The molecule has 0 amide bonds. The number of rotatable bonds is 7. The molecule has 3 aromatic carbocycles. The van der Waals surface area contributed by atoms with E-state index in [4.69, 9.17) is 24.9 Å². The normalized spacial score (nSPS) is 11.3. The summed E-state index contributed by atoms with van der Waals surface area (Å²) in [5, 5.41) is 0. The predicted molar refractivity (Wildman–Crippen MR) is 215 cm³/mol. The van der Waals surface area contributed by atoms with Gasteiger partial charge in [-0.15, -0.1) is 0 Å². The molecule has 0 fully saturated rings. The fourth-order valence-electron chi connectivity index (χ4n) is 7.10. The van der Waals surface area contributed by atoms with Crippen LogP contribution in [0.1, 0.15) is 0 Å². The van der Waals surface area contributed by atoms with Gasteiger partial charge in [-0.3, -0.25) is 8.80 Å². The second-order valence-electron chi connectivity index (χ2n) is 13.0. The van der Waals surface area contributed by atoms with Crippen LogP contribution in [-0.4, -0.2) is 33.7 Å². The standard InChI is InChI=1S/C47H31N7/c1-4-16-32(17-5-1)35-30-40(36-22-14-24-38(48-36)44-46(33-18-6-2-7-19-33)53-28-12-10-26-42(53)51-44)50-41(31-35)37-23-15-25-39(49-37)45-47(34-20-8-3-9-21-34)54-29-13-11-27-43(54)52-45/h1-31H. The molecule has 0 atom stereocenters. The van der Waals surface area contributed by atoms with Gasteiger partial charge in [0.2, 0.25) is 0 Å². The highest BCUT2D eigenvalue weighted by atomic mass is 15.0. The van der Waals surface area contributed by atoms with Crippen LogP contribution in [0.5, 0.6) is 0 Å². The Morgan fingerprint density at radius 2 is 0.667 bits per heavy atom. The van der Waals surface area contributed by atoms with E-state index in [0.717, 1.165) is 90.5 Å². The van der Waals surface area contributed by atoms with Crippen LogP contribution in [0.2, 0.25) is 0 Å². The number of imidazole rings is 2. The van der Waals surface area contributed by atoms with Crippen molar-refractivity contribution >= 4 is 11.3 Å². The topological polar surface area (TPSA) is 73.3 Å². The fraction of sp³-hybridized carbons (Fsp3) is 0. The summed E-state index contributed by atoms with van der Waals surface area (Å²) in [4.78, 5) is 25.8. The van der Waals surface area contributed by atoms with E-state index in [1.165, 1.54) is 0 Å². The van der Waals surface area contributed by atoms with Gasteiger partial charge in [0.05, 0.1) is 45.6 Å². The molecule has 0 aliphatic rings. The Bertz CT molecular complexity index is 2750. The monoisotopic (exact) mass is 693 g/mol. The fourth-order valence-corrected chi connectivity index (χ4v) is 7.10. The van der Waals surface area contributed by atoms with Crippen LogP contribution >= 0.6 is 0 Å². The SMILES string of the molecule is c1ccc(-c2cc(-c3cccc(-c4nc5ccccn5c4-c4ccccc4)n3)nc(-c3cccc(-c4nc5ccccn5c4-c4ccccc4)n3)c2)cc1. The van der Waals surface area contributed by atoms with E-state index in [2.05, 4.69) is 69.5 Å². The molecular formula is C47H31N7. The van der Waals surface area contributed by atoms with Crippen molar-refractivity contribution in [1.82, 2.24) is 33.7 Å². The first-order chi connectivity index (χ1) is 26.8. The predicted octanol–water partition coefficient (Wildman–Crippen LogP) is 10.8. The number of fused-ring (bicyclic) bond motifs is 2. The number of nitrogens with zero attached hydrogens (tertiary/aromatic N) is 7. The average Bonchev–Trinajstić information content (AvgIpc) is 3.84. The molecule has 0 spiro atoms. The quantitative estimate of drug-likeness (QED) is 0.166. The summed E-state index contributed by atoms with van der Waals surface area (Å²) in [7, 11) is 0. The van der Waals surface area contributed by atoms with Crippen molar-refractivity contribution in [1.29, 1.82) is 0 Å². The van der Waals surface area contributed by atoms with Gasteiger partial charge in [-0.1, -0.05) is 115 Å². The maximum Gasteiger partial charge on any atom is 0.138 e. The van der Waals surface area contributed by atoms with E-state index in [0.29, 0.717) is 0 Å². The first-order valence-electron chi connectivity index (χ1n) is 17.8. The summed E-state index contributed by atoms with van der Waals surface area (Å²) < 4.78 is 4.24. The van der Waals surface area contributed by atoms with Crippen molar-refractivity contribution in [2.24, 2.45) is 0 Å². The molecule has 0 saturated carbocycles. The minimum absolute atomic E-state index is 0.739. The van der Waals surface area contributed by atoms with Crippen molar-refractivity contribution in [3.05, 3.63) is 188 Å². The zero-order valence-electron chi connectivity index (χ0n) is 29.0. The number of hydrogen-bond acceptors (Lipinski definition) is 5. The molecule has 0 radical (unpaired) electrons. The number of pyridine rings is 5. The molecule has 7 nitrogen and oxygen atoms in total. The summed E-state index contributed by atoms with van der Waals surface area (Å²) >= 11 is 0. The summed E-state index contributed by atoms with van der Waals surface area (Å²) in [6.07, 6.45) is 4.09. The minimum Gasteiger partial charge on any atom is -0.299 e. The van der Waals surface area contributed by atoms with Gasteiger partial charge in [-0.05, 0) is 71.8 Å². The minimum atomic E-state index is 0.739. The lowest BCUT2D eigenvalue weighted by Crippen LogP contribution is -1.97. The van der Waals surface area contributed by atoms with Crippen molar-refractivity contribution in [2.75, 3.05) is 0 Å². The second-order valence-corrected chi connectivity index (χ2v) is 13.0. The Morgan fingerprint density at radius 3 is 1.13 bits per heavy atom. The zero-order valence-corrected chi connectivity index (χ0v) is 29.0. The molecule has 7 aromatic heterocycles. The molecule has 7 heterocycles. The van der Waals surface area contributed by atoms with Crippen molar-refractivity contribution in [3.63, 3.8) is 0 Å². The highest BCUT2D eigenvalue weighted by molar-refractivity contribution is 5.83. The molecule has 0 aliphatic heterocycles. The lowest BCUT2D eigenvalue weighted by Gasteiger charge is -2.11. The first kappa shape index (κ1) is 31.2. The van der Waals surface area contributed by atoms with E-state index in [1.54, 1.807) is 0 Å². The van der Waals surface area contributed by atoms with Crippen LogP contribution in [0.25, 0.3) is 90.5 Å². The van der Waals surface area contributed by atoms with Gasteiger partial charge >= 0.3 is 0 Å². The van der Waals surface area contributed by atoms with Gasteiger partial charge in [-0.2, -0.15) is 0 Å². The molecule has 0 bridgehead atoms. The average molecular weight is 694 g/mol. The van der Waals surface area contributed by atoms with Gasteiger partial charge in [0.25, 0.3) is 0 Å². The van der Waals surface area contributed by atoms with Crippen molar-refractivity contribution < 1.29 is 0 Å². The van der Waals surface area contributed by atoms with Gasteiger partial charge in [0.15, 0.2) is 0 Å². The van der Waals surface area contributed by atoms with E-state index in [1.807, 2.05) is 128 Å². The Labute approximate surface area is 311 Å². The number of aromatic nitrogens is 7. The highest BCUT2D eigenvalue weighted by Crippen LogP contribution is 2.36. The number of benzene rings is 3. The molecule has 0 N–H and O–H groups in total. The summed E-state index contributed by atoms with van der Waals surface area (Å²) in [5.41, 5.74) is 14.0. The summed E-state index contributed by atoms with van der Waals surface area (Å²) in [6.45, 7) is 0. The van der Waals surface area contributed by atoms with Gasteiger partial charge in [-0.25, -0.2) is 24.9 Å². The number of hydrogen-bond donors (Lipinski definition) is 0. The van der Waals surface area contributed by atoms with Gasteiger partial charge in [0.1, 0.15) is 22.7 Å². The van der Waals surface area contributed by atoms with Crippen LogP contribution < -0.4 is 0 Å². The third-order valence-electron chi connectivity index (χ3n) is 9.60. The third-order valence-corrected chi connectivity index (χ3v) is 9.60. The Kier molecular flexibility index (Phi) is 7.66. The summed E-state index contributed by atoms with van der Waals surface area (Å²) in [6, 6.07) is 59.5. The third kappa shape index (κ3) is 5.61. The van der Waals surface area contributed by atoms with Crippen LogP contribution in [-0.2, 0) is 0 Å². The maximum absolute atomic E-state index is 5.24.